The van der Waals surface area contributed by atoms with Crippen LogP contribution in [0.25, 0.3) is 0 Å². The highest BCUT2D eigenvalue weighted by Gasteiger charge is 2.23. The van der Waals surface area contributed by atoms with E-state index in [1.165, 1.54) is 11.3 Å². The second-order valence-electron chi connectivity index (χ2n) is 6.76. The Morgan fingerprint density at radius 1 is 1.11 bits per heavy atom. The van der Waals surface area contributed by atoms with Crippen LogP contribution in [0.4, 0.5) is 11.5 Å². The maximum atomic E-state index is 12.7. The molecule has 1 aromatic heterocycles. The summed E-state index contributed by atoms with van der Waals surface area (Å²) in [6, 6.07) is 12.9. The Morgan fingerprint density at radius 3 is 2.57 bits per heavy atom. The van der Waals surface area contributed by atoms with Crippen molar-refractivity contribution in [3.05, 3.63) is 66.9 Å². The molecule has 0 unspecified atom stereocenters. The third-order valence-electron chi connectivity index (χ3n) is 4.78. The first-order valence-electron chi connectivity index (χ1n) is 9.65. The lowest BCUT2D eigenvalue weighted by Crippen LogP contribution is -2.43. The molecule has 0 radical (unpaired) electrons. The molecule has 0 aliphatic carbocycles. The number of carbonyl (C=O) groups is 2. The molecule has 6 heteroatoms. The highest BCUT2D eigenvalue weighted by atomic mass is 16.2. The van der Waals surface area contributed by atoms with E-state index in [1.807, 2.05) is 30.3 Å². The molecule has 1 aromatic carbocycles. The maximum Gasteiger partial charge on any atom is 0.316 e. The van der Waals surface area contributed by atoms with Gasteiger partial charge in [-0.15, -0.1) is 6.58 Å². The van der Waals surface area contributed by atoms with E-state index < -0.39 is 11.8 Å². The van der Waals surface area contributed by atoms with Gasteiger partial charge in [-0.2, -0.15) is 0 Å². The summed E-state index contributed by atoms with van der Waals surface area (Å²) in [5, 5.41) is 2.76. The van der Waals surface area contributed by atoms with Crippen LogP contribution in [0, 0.1) is 0 Å². The predicted octanol–water partition coefficient (Wildman–Crippen LogP) is 2.91. The Hall–Kier alpha value is -3.15. The molecule has 1 aliphatic heterocycles. The molecule has 0 saturated carbocycles. The number of hydrogen-bond acceptors (Lipinski definition) is 4. The largest absolute Gasteiger partial charge is 0.356 e. The number of aromatic nitrogens is 1. The minimum absolute atomic E-state index is 0.265. The molecule has 3 rings (SSSR count). The first-order valence-corrected chi connectivity index (χ1v) is 9.65. The van der Waals surface area contributed by atoms with Crippen molar-refractivity contribution in [3.8, 4) is 0 Å². The fraction of sp³-hybridized carbons (Fsp3) is 0.318. The molecule has 0 bridgehead atoms. The van der Waals surface area contributed by atoms with Crippen molar-refractivity contribution in [3.63, 3.8) is 0 Å². The zero-order chi connectivity index (χ0) is 19.8. The first kappa shape index (κ1) is 19.6. The van der Waals surface area contributed by atoms with E-state index in [4.69, 9.17) is 0 Å². The number of rotatable bonds is 6. The number of nitrogens with one attached hydrogen (secondary N) is 1. The van der Waals surface area contributed by atoms with Crippen molar-refractivity contribution >= 4 is 23.3 Å². The van der Waals surface area contributed by atoms with Crippen molar-refractivity contribution in [2.45, 2.75) is 25.8 Å². The molecular weight excluding hydrogens is 352 g/mol. The van der Waals surface area contributed by atoms with Crippen LogP contribution in [0.15, 0.2) is 61.3 Å². The van der Waals surface area contributed by atoms with Crippen LogP contribution in [-0.4, -0.2) is 36.4 Å². The van der Waals surface area contributed by atoms with Crippen LogP contribution >= 0.6 is 0 Å². The van der Waals surface area contributed by atoms with Crippen LogP contribution < -0.4 is 15.1 Å². The van der Waals surface area contributed by atoms with Gasteiger partial charge in [0.15, 0.2) is 0 Å². The van der Waals surface area contributed by atoms with Crippen LogP contribution in [0.3, 0.4) is 0 Å². The molecule has 6 nitrogen and oxygen atoms in total. The number of carbonyl (C=O) groups excluding carboxylic acids is 2. The summed E-state index contributed by atoms with van der Waals surface area (Å²) < 4.78 is 0. The summed E-state index contributed by atoms with van der Waals surface area (Å²) in [7, 11) is 0. The molecule has 2 aromatic rings. The van der Waals surface area contributed by atoms with Crippen molar-refractivity contribution in [2.24, 2.45) is 0 Å². The highest BCUT2D eigenvalue weighted by molar-refractivity contribution is 6.40. The number of anilines is 2. The smallest absolute Gasteiger partial charge is 0.316 e. The highest BCUT2D eigenvalue weighted by Crippen LogP contribution is 2.21. The molecule has 146 valence electrons. The van der Waals surface area contributed by atoms with E-state index in [0.29, 0.717) is 5.69 Å². The maximum absolute atomic E-state index is 12.7. The molecular formula is C22H26N4O2. The van der Waals surface area contributed by atoms with Crippen molar-refractivity contribution in [2.75, 3.05) is 29.4 Å². The molecule has 28 heavy (non-hydrogen) atoms. The van der Waals surface area contributed by atoms with Crippen LogP contribution in [-0.2, 0) is 16.1 Å². The number of hydrogen-bond donors (Lipinski definition) is 1. The predicted molar refractivity (Wildman–Crippen MR) is 111 cm³/mol. The number of pyridine rings is 1. The Morgan fingerprint density at radius 2 is 1.86 bits per heavy atom. The lowest BCUT2D eigenvalue weighted by atomic mass is 10.1. The number of amides is 2. The Balaban J connectivity index is 1.68. The van der Waals surface area contributed by atoms with Gasteiger partial charge in [-0.3, -0.25) is 9.59 Å². The molecule has 1 saturated heterocycles. The summed E-state index contributed by atoms with van der Waals surface area (Å²) in [6.45, 7) is 6.16. The topological polar surface area (TPSA) is 65.5 Å². The molecule has 1 aliphatic rings. The van der Waals surface area contributed by atoms with Gasteiger partial charge in [0.2, 0.25) is 0 Å². The summed E-state index contributed by atoms with van der Waals surface area (Å²) >= 11 is 0. The van der Waals surface area contributed by atoms with Gasteiger partial charge >= 0.3 is 11.8 Å². The minimum atomic E-state index is -0.640. The zero-order valence-corrected chi connectivity index (χ0v) is 16.0. The molecule has 2 heterocycles. The number of piperidine rings is 1. The van der Waals surface area contributed by atoms with Gasteiger partial charge in [0.05, 0.1) is 0 Å². The van der Waals surface area contributed by atoms with Gasteiger partial charge in [0, 0.05) is 43.6 Å². The second-order valence-corrected chi connectivity index (χ2v) is 6.76. The number of para-hydroxylation sites is 1. The standard InChI is InChI=1S/C22H26N4O2/c1-2-14-26(19-11-5-3-6-12-19)22(28)21(27)24-17-18-10-9-13-23-20(18)25-15-7-4-8-16-25/h2-3,5-6,9-13H,1,4,7-8,14-17H2,(H,24,27). The third-order valence-corrected chi connectivity index (χ3v) is 4.78. The quantitative estimate of drug-likeness (QED) is 0.620. The van der Waals surface area contributed by atoms with E-state index in [9.17, 15) is 9.59 Å². The van der Waals surface area contributed by atoms with Gasteiger partial charge in [0.25, 0.3) is 0 Å². The lowest BCUT2D eigenvalue weighted by Gasteiger charge is -2.29. The first-order chi connectivity index (χ1) is 13.7. The van der Waals surface area contributed by atoms with Crippen LogP contribution in [0.5, 0.6) is 0 Å². The van der Waals surface area contributed by atoms with Crippen molar-refractivity contribution < 1.29 is 9.59 Å². The zero-order valence-electron chi connectivity index (χ0n) is 16.0. The average Bonchev–Trinajstić information content (AvgIpc) is 2.76. The summed E-state index contributed by atoms with van der Waals surface area (Å²) in [5.41, 5.74) is 1.58. The molecule has 1 fully saturated rings. The SMILES string of the molecule is C=CCN(C(=O)C(=O)NCc1cccnc1N1CCCCC1)c1ccccc1. The fourth-order valence-corrected chi connectivity index (χ4v) is 3.38. The van der Waals surface area contributed by atoms with E-state index in [2.05, 4.69) is 21.8 Å². The van der Waals surface area contributed by atoms with Gasteiger partial charge in [-0.05, 0) is 37.5 Å². The summed E-state index contributed by atoms with van der Waals surface area (Å²) in [5.74, 6) is -0.352. The van der Waals surface area contributed by atoms with Crippen molar-refractivity contribution in [1.29, 1.82) is 0 Å². The van der Waals surface area contributed by atoms with Gasteiger partial charge in [0.1, 0.15) is 5.82 Å². The van der Waals surface area contributed by atoms with Crippen LogP contribution in [0.1, 0.15) is 24.8 Å². The van der Waals surface area contributed by atoms with E-state index in [1.54, 1.807) is 24.4 Å². The minimum Gasteiger partial charge on any atom is -0.356 e. The van der Waals surface area contributed by atoms with E-state index >= 15 is 0 Å². The Bertz CT molecular complexity index is 816. The van der Waals surface area contributed by atoms with E-state index in [-0.39, 0.29) is 13.1 Å². The van der Waals surface area contributed by atoms with Gasteiger partial charge in [-0.25, -0.2) is 4.98 Å². The Kier molecular flexibility index (Phi) is 6.78. The average molecular weight is 378 g/mol. The molecule has 1 N–H and O–H groups in total. The van der Waals surface area contributed by atoms with Crippen LogP contribution in [0.2, 0.25) is 0 Å². The summed E-state index contributed by atoms with van der Waals surface area (Å²) in [6.07, 6.45) is 6.90. The lowest BCUT2D eigenvalue weighted by molar-refractivity contribution is -0.137. The number of benzene rings is 1. The normalized spacial score (nSPS) is 13.6. The molecule has 2 amide bonds. The van der Waals surface area contributed by atoms with Gasteiger partial charge < -0.3 is 15.1 Å². The van der Waals surface area contributed by atoms with Crippen molar-refractivity contribution in [1.82, 2.24) is 10.3 Å². The number of nitrogens with zero attached hydrogens (tertiary/aromatic N) is 3. The van der Waals surface area contributed by atoms with E-state index in [0.717, 1.165) is 37.3 Å². The second kappa shape index (κ2) is 9.69. The molecule has 0 spiro atoms. The molecule has 0 atom stereocenters. The summed E-state index contributed by atoms with van der Waals surface area (Å²) in [4.78, 5) is 33.4. The monoisotopic (exact) mass is 378 g/mol. The third kappa shape index (κ3) is 4.76. The fourth-order valence-electron chi connectivity index (χ4n) is 3.38. The Labute approximate surface area is 165 Å². The van der Waals surface area contributed by atoms with Gasteiger partial charge in [-0.1, -0.05) is 30.3 Å².